The van der Waals surface area contributed by atoms with Crippen molar-refractivity contribution >= 4 is 29.1 Å². The van der Waals surface area contributed by atoms with E-state index in [1.807, 2.05) is 12.1 Å². The molecule has 25 heavy (non-hydrogen) atoms. The number of fused-ring (bicyclic) bond motifs is 2. The monoisotopic (exact) mass is 347 g/mol. The van der Waals surface area contributed by atoms with Crippen molar-refractivity contribution in [2.75, 3.05) is 0 Å². The second-order valence-corrected chi connectivity index (χ2v) is 5.44. The predicted molar refractivity (Wildman–Crippen MR) is 90.5 cm³/mol. The fourth-order valence-corrected chi connectivity index (χ4v) is 2.92. The second kappa shape index (κ2) is 6.59. The van der Waals surface area contributed by atoms with Crippen molar-refractivity contribution < 1.29 is 26.2 Å². The molecule has 128 valence electrons. The summed E-state index contributed by atoms with van der Waals surface area (Å²) in [6.45, 7) is 0. The van der Waals surface area contributed by atoms with Gasteiger partial charge in [-0.3, -0.25) is 0 Å². The molecule has 0 amide bonds. The highest BCUT2D eigenvalue weighted by molar-refractivity contribution is 6.50. The molecule has 0 fully saturated rings. The van der Waals surface area contributed by atoms with E-state index in [2.05, 4.69) is 60.1 Å². The summed E-state index contributed by atoms with van der Waals surface area (Å²) < 4.78 is 46.9. The fourth-order valence-electron chi connectivity index (χ4n) is 2.92. The van der Waals surface area contributed by atoms with Gasteiger partial charge in [0.25, 0.3) is 0 Å². The molecule has 7 heteroatoms. The Morgan fingerprint density at radius 2 is 1.24 bits per heavy atom. The molecule has 2 aromatic carbocycles. The largest absolute Gasteiger partial charge is 0.673 e. The van der Waals surface area contributed by atoms with Gasteiger partial charge in [0, 0.05) is 17.7 Å². The van der Waals surface area contributed by atoms with E-state index >= 15 is 0 Å². The maximum atomic E-state index is 9.75. The van der Waals surface area contributed by atoms with E-state index in [-0.39, 0.29) is 0 Å². The zero-order valence-electron chi connectivity index (χ0n) is 13.3. The Morgan fingerprint density at radius 1 is 0.760 bits per heavy atom. The highest BCUT2D eigenvalue weighted by Gasteiger charge is 2.21. The van der Waals surface area contributed by atoms with Crippen LogP contribution in [0.1, 0.15) is 0 Å². The van der Waals surface area contributed by atoms with E-state index in [0.29, 0.717) is 0 Å². The average molecular weight is 347 g/mol. The first-order valence-corrected chi connectivity index (χ1v) is 7.57. The maximum Gasteiger partial charge on any atom is 0.673 e. The lowest BCUT2D eigenvalue weighted by Crippen LogP contribution is -2.30. The van der Waals surface area contributed by atoms with E-state index in [4.69, 9.17) is 4.42 Å². The van der Waals surface area contributed by atoms with E-state index in [9.17, 15) is 17.3 Å². The summed E-state index contributed by atoms with van der Waals surface area (Å²) in [5, 5.41) is 2.42. The number of benzene rings is 2. The van der Waals surface area contributed by atoms with Gasteiger partial charge in [-0.05, 0) is 24.3 Å². The van der Waals surface area contributed by atoms with Crippen molar-refractivity contribution in [2.45, 2.75) is 0 Å². The first-order chi connectivity index (χ1) is 11.9. The molecule has 0 radical (unpaired) electrons. The number of rotatable bonds is 1. The molecule has 0 aliphatic heterocycles. The summed E-state index contributed by atoms with van der Waals surface area (Å²) in [6.07, 6.45) is 1.73. The fraction of sp³-hybridized carbons (Fsp3) is 0.0556. The van der Waals surface area contributed by atoms with Crippen LogP contribution in [0.25, 0.3) is 33.1 Å². The van der Waals surface area contributed by atoms with Gasteiger partial charge in [-0.25, -0.2) is 0 Å². The molecule has 0 saturated carbocycles. The normalized spacial score (nSPS) is 11.4. The van der Waals surface area contributed by atoms with E-state index < -0.39 is 7.25 Å². The van der Waals surface area contributed by atoms with E-state index in [1.54, 1.807) is 6.26 Å². The summed E-state index contributed by atoms with van der Waals surface area (Å²) in [7, 11) is -3.89. The lowest BCUT2D eigenvalue weighted by atomic mass is 10.0. The number of halogens is 4. The van der Waals surface area contributed by atoms with Gasteiger partial charge < -0.3 is 21.7 Å². The molecule has 2 aromatic heterocycles. The van der Waals surface area contributed by atoms with Gasteiger partial charge in [-0.2, -0.15) is 4.57 Å². The third kappa shape index (κ3) is 3.65. The summed E-state index contributed by atoms with van der Waals surface area (Å²) in [5.41, 5.74) is 3.58. The van der Waals surface area contributed by atoms with Gasteiger partial charge >= 0.3 is 7.25 Å². The van der Waals surface area contributed by atoms with Crippen molar-refractivity contribution in [3.63, 3.8) is 0 Å². The quantitative estimate of drug-likeness (QED) is 0.196. The van der Waals surface area contributed by atoms with Crippen molar-refractivity contribution in [2.24, 2.45) is 7.05 Å². The Balaban J connectivity index is 0.000000324. The van der Waals surface area contributed by atoms with Gasteiger partial charge in [-0.15, -0.1) is 0 Å². The molecule has 0 saturated heterocycles. The molecule has 0 bridgehead atoms. The third-order valence-corrected chi connectivity index (χ3v) is 3.84. The van der Waals surface area contributed by atoms with E-state index in [0.717, 1.165) is 5.76 Å². The minimum Gasteiger partial charge on any atom is -0.464 e. The van der Waals surface area contributed by atoms with Crippen LogP contribution in [0, 0.1) is 0 Å². The van der Waals surface area contributed by atoms with Crippen LogP contribution in [0.2, 0.25) is 0 Å². The van der Waals surface area contributed by atoms with Crippen LogP contribution < -0.4 is 4.57 Å². The van der Waals surface area contributed by atoms with Crippen LogP contribution in [0.4, 0.5) is 17.3 Å². The average Bonchev–Trinajstić information content (AvgIpc) is 3.08. The zero-order valence-corrected chi connectivity index (χ0v) is 13.3. The van der Waals surface area contributed by atoms with Gasteiger partial charge in [-0.1, -0.05) is 24.3 Å². The zero-order chi connectivity index (χ0) is 18.0. The van der Waals surface area contributed by atoms with Gasteiger partial charge in [0.15, 0.2) is 0 Å². The van der Waals surface area contributed by atoms with Crippen molar-refractivity contribution in [3.05, 3.63) is 66.9 Å². The van der Waals surface area contributed by atoms with Crippen LogP contribution in [-0.4, -0.2) is 7.25 Å². The Kier molecular flexibility index (Phi) is 4.48. The lowest BCUT2D eigenvalue weighted by Gasteiger charge is -2.07. The van der Waals surface area contributed by atoms with Crippen molar-refractivity contribution in [1.82, 2.24) is 0 Å². The number of para-hydroxylation sites is 2. The standard InChI is InChI=1S/C18H14NO.BF4/c1-19-15-9-4-2-7-13(15)18(17-11-6-12-20-17)14-8-3-5-10-16(14)19;2-1(3,4)5/h2-12H,1H3;/q+1;-1. The molecular formula is C18H14BF4NO. The molecule has 0 atom stereocenters. The smallest absolute Gasteiger partial charge is 0.464 e. The van der Waals surface area contributed by atoms with Gasteiger partial charge in [0.2, 0.25) is 11.0 Å². The van der Waals surface area contributed by atoms with Crippen LogP contribution >= 0.6 is 0 Å². The van der Waals surface area contributed by atoms with Crippen LogP contribution in [0.3, 0.4) is 0 Å². The lowest BCUT2D eigenvalue weighted by molar-refractivity contribution is -0.617. The highest BCUT2D eigenvalue weighted by Crippen LogP contribution is 2.33. The highest BCUT2D eigenvalue weighted by atomic mass is 19.5. The first-order valence-electron chi connectivity index (χ1n) is 7.57. The molecule has 0 N–H and O–H groups in total. The van der Waals surface area contributed by atoms with E-state index in [1.165, 1.54) is 27.4 Å². The number of hydrogen-bond acceptors (Lipinski definition) is 1. The molecule has 2 heterocycles. The number of pyridine rings is 1. The molecule has 0 aliphatic carbocycles. The van der Waals surface area contributed by atoms with Gasteiger partial charge in [0.1, 0.15) is 12.8 Å². The number of aromatic nitrogens is 1. The number of hydrogen-bond donors (Lipinski definition) is 0. The second-order valence-electron chi connectivity index (χ2n) is 5.44. The summed E-state index contributed by atoms with van der Waals surface area (Å²) in [6, 6.07) is 20.8. The Hall–Kier alpha value is -2.83. The molecule has 4 rings (SSSR count). The number of aryl methyl sites for hydroxylation is 1. The molecular weight excluding hydrogens is 333 g/mol. The minimum atomic E-state index is -6.00. The minimum absolute atomic E-state index is 0.915. The van der Waals surface area contributed by atoms with Crippen LogP contribution in [0.5, 0.6) is 0 Å². The Bertz CT molecular complexity index is 950. The Labute approximate surface area is 141 Å². The topological polar surface area (TPSA) is 17.0 Å². The summed E-state index contributed by atoms with van der Waals surface area (Å²) in [4.78, 5) is 0. The molecule has 4 aromatic rings. The molecule has 0 aliphatic rings. The van der Waals surface area contributed by atoms with Crippen LogP contribution in [0.15, 0.2) is 71.3 Å². The molecule has 2 nitrogen and oxygen atoms in total. The third-order valence-electron chi connectivity index (χ3n) is 3.84. The Morgan fingerprint density at radius 3 is 1.68 bits per heavy atom. The summed E-state index contributed by atoms with van der Waals surface area (Å²) in [5.74, 6) is 0.915. The predicted octanol–water partition coefficient (Wildman–Crippen LogP) is 5.38. The summed E-state index contributed by atoms with van der Waals surface area (Å²) >= 11 is 0. The van der Waals surface area contributed by atoms with Crippen molar-refractivity contribution in [1.29, 1.82) is 0 Å². The van der Waals surface area contributed by atoms with Gasteiger partial charge in [0.05, 0.1) is 17.0 Å². The first kappa shape index (κ1) is 17.0. The molecule has 0 spiro atoms. The van der Waals surface area contributed by atoms with Crippen LogP contribution in [-0.2, 0) is 7.05 Å². The maximum absolute atomic E-state index is 9.75. The molecule has 0 unspecified atom stereocenters. The number of nitrogens with zero attached hydrogens (tertiary/aromatic N) is 1. The van der Waals surface area contributed by atoms with Crippen molar-refractivity contribution in [3.8, 4) is 11.3 Å². The number of furan rings is 1. The SMILES string of the molecule is C[n+]1c2ccccc2c(-c2ccco2)c2ccccc21.F[B-](F)(F)F.